The quantitative estimate of drug-likeness (QED) is 0.709. The second-order valence-corrected chi connectivity index (χ2v) is 4.65. The lowest BCUT2D eigenvalue weighted by Gasteiger charge is -2.34. The van der Waals surface area contributed by atoms with Gasteiger partial charge < -0.3 is 4.90 Å². The predicted octanol–water partition coefficient (Wildman–Crippen LogP) is 0.0783. The van der Waals surface area contributed by atoms with Crippen LogP contribution in [0.4, 0.5) is 5.82 Å². The molecule has 0 unspecified atom stereocenters. The van der Waals surface area contributed by atoms with Gasteiger partial charge in [-0.25, -0.2) is 4.98 Å². The van der Waals surface area contributed by atoms with Gasteiger partial charge in [0.1, 0.15) is 12.1 Å². The Labute approximate surface area is 111 Å². The molecule has 0 atom stereocenters. The van der Waals surface area contributed by atoms with E-state index < -0.39 is 0 Å². The molecule has 3 rings (SSSR count). The van der Waals surface area contributed by atoms with Crippen molar-refractivity contribution < 1.29 is 0 Å². The number of aryl methyl sites for hydroxylation is 1. The van der Waals surface area contributed by atoms with E-state index in [0.717, 1.165) is 37.7 Å². The van der Waals surface area contributed by atoms with E-state index in [1.54, 1.807) is 4.52 Å². The van der Waals surface area contributed by atoms with Crippen molar-refractivity contribution in [2.45, 2.75) is 6.92 Å². The van der Waals surface area contributed by atoms with E-state index in [-0.39, 0.29) is 0 Å². The summed E-state index contributed by atoms with van der Waals surface area (Å²) < 4.78 is 1.77. The van der Waals surface area contributed by atoms with E-state index in [0.29, 0.717) is 12.3 Å². The summed E-state index contributed by atoms with van der Waals surface area (Å²) in [5.41, 5.74) is 0.940. The number of aromatic nitrogens is 4. The smallest absolute Gasteiger partial charge is 0.254 e. The molecule has 0 amide bonds. The van der Waals surface area contributed by atoms with Gasteiger partial charge >= 0.3 is 0 Å². The second-order valence-electron chi connectivity index (χ2n) is 4.65. The molecule has 19 heavy (non-hydrogen) atoms. The van der Waals surface area contributed by atoms with Crippen molar-refractivity contribution in [3.8, 4) is 6.07 Å². The fraction of sp³-hybridized carbons (Fsp3) is 0.500. The van der Waals surface area contributed by atoms with Crippen LogP contribution in [0.2, 0.25) is 0 Å². The highest BCUT2D eigenvalue weighted by Crippen LogP contribution is 2.17. The molecular formula is C12H15N7. The summed E-state index contributed by atoms with van der Waals surface area (Å²) in [4.78, 5) is 12.9. The highest BCUT2D eigenvalue weighted by Gasteiger charge is 2.19. The SMILES string of the molecule is Cc1cc(N2CCN(CC#N)CC2)n2ncnc2n1. The van der Waals surface area contributed by atoms with Gasteiger partial charge in [0.05, 0.1) is 12.6 Å². The fourth-order valence-corrected chi connectivity index (χ4v) is 2.37. The van der Waals surface area contributed by atoms with Crippen LogP contribution in [0.3, 0.4) is 0 Å². The summed E-state index contributed by atoms with van der Waals surface area (Å²) in [5.74, 6) is 1.66. The predicted molar refractivity (Wildman–Crippen MR) is 69.8 cm³/mol. The first-order valence-corrected chi connectivity index (χ1v) is 6.29. The molecule has 0 saturated carbocycles. The normalized spacial score (nSPS) is 16.7. The number of hydrogen-bond donors (Lipinski definition) is 0. The molecule has 7 nitrogen and oxygen atoms in total. The van der Waals surface area contributed by atoms with Crippen molar-refractivity contribution in [3.05, 3.63) is 18.1 Å². The number of fused-ring (bicyclic) bond motifs is 1. The zero-order valence-corrected chi connectivity index (χ0v) is 10.8. The summed E-state index contributed by atoms with van der Waals surface area (Å²) in [6, 6.07) is 4.23. The fourth-order valence-electron chi connectivity index (χ4n) is 2.37. The maximum absolute atomic E-state index is 8.72. The van der Waals surface area contributed by atoms with Crippen LogP contribution in [0.25, 0.3) is 5.78 Å². The van der Waals surface area contributed by atoms with Crippen molar-refractivity contribution >= 4 is 11.6 Å². The van der Waals surface area contributed by atoms with Crippen LogP contribution in [0.5, 0.6) is 0 Å². The molecule has 1 aliphatic rings. The van der Waals surface area contributed by atoms with Crippen LogP contribution in [0.1, 0.15) is 5.69 Å². The molecule has 0 spiro atoms. The van der Waals surface area contributed by atoms with E-state index in [1.165, 1.54) is 6.33 Å². The molecule has 0 aromatic carbocycles. The first-order chi connectivity index (χ1) is 9.28. The zero-order chi connectivity index (χ0) is 13.2. The van der Waals surface area contributed by atoms with E-state index in [2.05, 4.69) is 30.9 Å². The Morgan fingerprint density at radius 1 is 1.32 bits per heavy atom. The average Bonchev–Trinajstić information content (AvgIpc) is 2.87. The van der Waals surface area contributed by atoms with Crippen LogP contribution in [-0.4, -0.2) is 57.2 Å². The molecule has 7 heteroatoms. The molecule has 3 heterocycles. The molecule has 1 saturated heterocycles. The molecular weight excluding hydrogens is 242 g/mol. The topological polar surface area (TPSA) is 73.3 Å². The van der Waals surface area contributed by atoms with Crippen LogP contribution < -0.4 is 4.90 Å². The van der Waals surface area contributed by atoms with E-state index in [4.69, 9.17) is 5.26 Å². The first-order valence-electron chi connectivity index (χ1n) is 6.29. The Morgan fingerprint density at radius 2 is 2.11 bits per heavy atom. The minimum absolute atomic E-state index is 0.502. The van der Waals surface area contributed by atoms with Gasteiger partial charge in [-0.05, 0) is 6.92 Å². The largest absolute Gasteiger partial charge is 0.354 e. The highest BCUT2D eigenvalue weighted by molar-refractivity contribution is 5.47. The molecule has 1 fully saturated rings. The van der Waals surface area contributed by atoms with Gasteiger partial charge in [0.15, 0.2) is 0 Å². The lowest BCUT2D eigenvalue weighted by atomic mass is 10.3. The Bertz CT molecular complexity index is 619. The van der Waals surface area contributed by atoms with Crippen molar-refractivity contribution in [1.82, 2.24) is 24.5 Å². The molecule has 0 N–H and O–H groups in total. The number of nitrogens with zero attached hydrogens (tertiary/aromatic N) is 7. The molecule has 2 aromatic rings. The highest BCUT2D eigenvalue weighted by atomic mass is 15.4. The molecule has 98 valence electrons. The standard InChI is InChI=1S/C12H15N7/c1-10-8-11(19-12(16-10)14-9-15-19)18-6-4-17(3-2-13)5-7-18/h8-9H,3-7H2,1H3. The first kappa shape index (κ1) is 11.9. The summed E-state index contributed by atoms with van der Waals surface area (Å²) in [6.45, 7) is 6.03. The van der Waals surface area contributed by atoms with Crippen LogP contribution >= 0.6 is 0 Å². The number of anilines is 1. The maximum atomic E-state index is 8.72. The average molecular weight is 257 g/mol. The summed E-state index contributed by atoms with van der Waals surface area (Å²) >= 11 is 0. The van der Waals surface area contributed by atoms with Crippen molar-refractivity contribution in [2.24, 2.45) is 0 Å². The zero-order valence-electron chi connectivity index (χ0n) is 10.8. The van der Waals surface area contributed by atoms with Gasteiger partial charge in [-0.1, -0.05) is 0 Å². The molecule has 2 aromatic heterocycles. The molecule has 0 bridgehead atoms. The second kappa shape index (κ2) is 4.82. The third-order valence-electron chi connectivity index (χ3n) is 3.35. The maximum Gasteiger partial charge on any atom is 0.254 e. The van der Waals surface area contributed by atoms with E-state index >= 15 is 0 Å². The summed E-state index contributed by atoms with van der Waals surface area (Å²) in [7, 11) is 0. The Morgan fingerprint density at radius 3 is 2.84 bits per heavy atom. The van der Waals surface area contributed by atoms with Gasteiger partial charge in [0.2, 0.25) is 0 Å². The molecule has 1 aliphatic heterocycles. The Balaban J connectivity index is 1.85. The summed E-state index contributed by atoms with van der Waals surface area (Å²) in [5, 5.41) is 12.9. The van der Waals surface area contributed by atoms with E-state index in [9.17, 15) is 0 Å². The van der Waals surface area contributed by atoms with Crippen LogP contribution in [-0.2, 0) is 0 Å². The monoisotopic (exact) mass is 257 g/mol. The van der Waals surface area contributed by atoms with Gasteiger partial charge in [0, 0.05) is 37.9 Å². The van der Waals surface area contributed by atoms with Gasteiger partial charge in [0.25, 0.3) is 5.78 Å². The van der Waals surface area contributed by atoms with Gasteiger partial charge in [-0.2, -0.15) is 19.9 Å². The van der Waals surface area contributed by atoms with Crippen LogP contribution in [0, 0.1) is 18.3 Å². The number of hydrogen-bond acceptors (Lipinski definition) is 6. The van der Waals surface area contributed by atoms with Crippen LogP contribution in [0.15, 0.2) is 12.4 Å². The van der Waals surface area contributed by atoms with Gasteiger partial charge in [-0.3, -0.25) is 4.90 Å². The number of piperazine rings is 1. The number of nitriles is 1. The lowest BCUT2D eigenvalue weighted by Crippen LogP contribution is -2.47. The molecule has 0 aliphatic carbocycles. The third-order valence-corrected chi connectivity index (χ3v) is 3.35. The minimum Gasteiger partial charge on any atom is -0.354 e. The Hall–Kier alpha value is -2.20. The third kappa shape index (κ3) is 2.22. The summed E-state index contributed by atoms with van der Waals surface area (Å²) in [6.07, 6.45) is 1.53. The van der Waals surface area contributed by atoms with Crippen molar-refractivity contribution in [3.63, 3.8) is 0 Å². The lowest BCUT2D eigenvalue weighted by molar-refractivity contribution is 0.286. The van der Waals surface area contributed by atoms with Gasteiger partial charge in [-0.15, -0.1) is 0 Å². The van der Waals surface area contributed by atoms with E-state index in [1.807, 2.05) is 13.0 Å². The van der Waals surface area contributed by atoms with Crippen molar-refractivity contribution in [1.29, 1.82) is 5.26 Å². The molecule has 0 radical (unpaired) electrons. The van der Waals surface area contributed by atoms with Crippen molar-refractivity contribution in [2.75, 3.05) is 37.6 Å². The number of rotatable bonds is 2. The minimum atomic E-state index is 0.502. The Kier molecular flexibility index (Phi) is 3.01.